The zero-order valence-electron chi connectivity index (χ0n) is 19.4. The Labute approximate surface area is 212 Å². The van der Waals surface area contributed by atoms with Crippen molar-refractivity contribution in [2.24, 2.45) is 0 Å². The molecule has 3 aromatic rings. The molecule has 10 nitrogen and oxygen atoms in total. The molecule has 12 heteroatoms. The molecule has 0 aliphatic rings. The number of nitro groups is 2. The van der Waals surface area contributed by atoms with E-state index in [0.29, 0.717) is 17.6 Å². The Balaban J connectivity index is 1.59. The second-order valence-electron chi connectivity index (χ2n) is 7.98. The molecule has 0 aliphatic heterocycles. The third-order valence-corrected chi connectivity index (χ3v) is 7.78. The molecule has 0 saturated carbocycles. The minimum Gasteiger partial charge on any atom is -0.285 e. The van der Waals surface area contributed by atoms with Crippen LogP contribution in [0.1, 0.15) is 37.7 Å². The lowest BCUT2D eigenvalue weighted by molar-refractivity contribution is -0.385. The first-order valence-electron chi connectivity index (χ1n) is 11.1. The second kappa shape index (κ2) is 12.1. The number of non-ortho nitro benzene ring substituents is 2. The lowest BCUT2D eigenvalue weighted by Gasteiger charge is -2.16. The maximum Gasteiger partial charge on any atom is 0.298 e. The van der Waals surface area contributed by atoms with Gasteiger partial charge in [0.1, 0.15) is 11.5 Å². The van der Waals surface area contributed by atoms with Crippen molar-refractivity contribution >= 4 is 49.1 Å². The molecule has 0 heterocycles. The van der Waals surface area contributed by atoms with Gasteiger partial charge in [0.25, 0.3) is 21.5 Å². The standard InChI is InChI=1S/C24H24N2O8S2/c1-2-4-17(18-7-9-20(10-8-18)25(28)29)13-14-35-24(27)16-34-36(32,33)23-6-3-5-19-15-21(26(30)31)11-12-22(19)23/h3,5-12,15,17H,2,4,13-14,16H2,1H3. The van der Waals surface area contributed by atoms with Gasteiger partial charge >= 0.3 is 0 Å². The van der Waals surface area contributed by atoms with Crippen LogP contribution in [0.2, 0.25) is 0 Å². The largest absolute Gasteiger partial charge is 0.298 e. The van der Waals surface area contributed by atoms with E-state index in [-0.39, 0.29) is 27.6 Å². The Morgan fingerprint density at radius 3 is 2.28 bits per heavy atom. The number of rotatable bonds is 12. The van der Waals surface area contributed by atoms with Crippen molar-refractivity contribution in [2.45, 2.75) is 37.0 Å². The molecule has 0 fully saturated rings. The van der Waals surface area contributed by atoms with E-state index in [1.807, 2.05) is 6.92 Å². The van der Waals surface area contributed by atoms with Gasteiger partial charge in [0, 0.05) is 35.4 Å². The van der Waals surface area contributed by atoms with Crippen LogP contribution in [0.25, 0.3) is 10.8 Å². The van der Waals surface area contributed by atoms with Gasteiger partial charge in [-0.15, -0.1) is 0 Å². The Hall–Kier alpha value is -3.35. The fourth-order valence-corrected chi connectivity index (χ4v) is 5.75. The smallest absolute Gasteiger partial charge is 0.285 e. The molecule has 1 unspecified atom stereocenters. The first-order chi connectivity index (χ1) is 17.1. The number of thioether (sulfide) groups is 1. The van der Waals surface area contributed by atoms with Crippen molar-refractivity contribution in [3.63, 3.8) is 0 Å². The predicted molar refractivity (Wildman–Crippen MR) is 137 cm³/mol. The molecule has 0 radical (unpaired) electrons. The summed E-state index contributed by atoms with van der Waals surface area (Å²) in [6.45, 7) is 1.38. The van der Waals surface area contributed by atoms with Crippen molar-refractivity contribution < 1.29 is 27.2 Å². The van der Waals surface area contributed by atoms with Crippen LogP contribution in [0.3, 0.4) is 0 Å². The van der Waals surface area contributed by atoms with Crippen molar-refractivity contribution in [3.05, 3.63) is 86.5 Å². The zero-order valence-corrected chi connectivity index (χ0v) is 21.0. The summed E-state index contributed by atoms with van der Waals surface area (Å²) in [5.74, 6) is 0.544. The van der Waals surface area contributed by atoms with Crippen LogP contribution >= 0.6 is 11.8 Å². The zero-order chi connectivity index (χ0) is 26.3. The molecule has 0 spiro atoms. The molecular weight excluding hydrogens is 508 g/mol. The number of hydrogen-bond donors (Lipinski definition) is 0. The topological polar surface area (TPSA) is 147 Å². The van der Waals surface area contributed by atoms with Crippen molar-refractivity contribution in [1.29, 1.82) is 0 Å². The predicted octanol–water partition coefficient (Wildman–Crippen LogP) is 5.60. The van der Waals surface area contributed by atoms with Gasteiger partial charge in [-0.1, -0.05) is 49.4 Å². The van der Waals surface area contributed by atoms with E-state index in [0.717, 1.165) is 30.2 Å². The lowest BCUT2D eigenvalue weighted by atomic mass is 9.92. The molecule has 0 N–H and O–H groups in total. The van der Waals surface area contributed by atoms with Crippen LogP contribution < -0.4 is 0 Å². The highest BCUT2D eigenvalue weighted by Gasteiger charge is 2.21. The first kappa shape index (κ1) is 27.2. The van der Waals surface area contributed by atoms with Crippen LogP contribution in [-0.2, 0) is 19.1 Å². The Kier molecular flexibility index (Phi) is 9.13. The van der Waals surface area contributed by atoms with Gasteiger partial charge in [-0.2, -0.15) is 8.42 Å². The first-order valence-corrected chi connectivity index (χ1v) is 13.5. The van der Waals surface area contributed by atoms with Crippen LogP contribution in [0.4, 0.5) is 11.4 Å². The molecule has 0 bridgehead atoms. The fraction of sp³-hybridized carbons (Fsp3) is 0.292. The Bertz CT molecular complexity index is 1370. The average molecular weight is 533 g/mol. The molecular formula is C24H24N2O8S2. The van der Waals surface area contributed by atoms with Gasteiger partial charge in [-0.3, -0.25) is 29.2 Å². The van der Waals surface area contributed by atoms with Crippen LogP contribution in [0.5, 0.6) is 0 Å². The van der Waals surface area contributed by atoms with Gasteiger partial charge in [0.15, 0.2) is 0 Å². The summed E-state index contributed by atoms with van der Waals surface area (Å²) in [5.41, 5.74) is 0.798. The number of nitrogens with zero attached hydrogens (tertiary/aromatic N) is 2. The molecule has 0 aromatic heterocycles. The fourth-order valence-electron chi connectivity index (χ4n) is 3.81. The van der Waals surface area contributed by atoms with E-state index in [9.17, 15) is 33.4 Å². The number of nitro benzene ring substituents is 2. The maximum atomic E-state index is 12.7. The summed E-state index contributed by atoms with van der Waals surface area (Å²) in [7, 11) is -4.28. The maximum absolute atomic E-state index is 12.7. The van der Waals surface area contributed by atoms with Crippen molar-refractivity contribution in [1.82, 2.24) is 0 Å². The van der Waals surface area contributed by atoms with Crippen LogP contribution in [0, 0.1) is 20.2 Å². The van der Waals surface area contributed by atoms with Crippen LogP contribution in [0.15, 0.2) is 65.6 Å². The summed E-state index contributed by atoms with van der Waals surface area (Å²) >= 11 is 0.966. The van der Waals surface area contributed by atoms with Gasteiger partial charge in [-0.05, 0) is 41.8 Å². The highest BCUT2D eigenvalue weighted by molar-refractivity contribution is 8.13. The van der Waals surface area contributed by atoms with Crippen molar-refractivity contribution in [3.8, 4) is 0 Å². The van der Waals surface area contributed by atoms with Gasteiger partial charge in [0.05, 0.1) is 9.85 Å². The monoisotopic (exact) mass is 532 g/mol. The van der Waals surface area contributed by atoms with Crippen molar-refractivity contribution in [2.75, 3.05) is 12.4 Å². The summed E-state index contributed by atoms with van der Waals surface area (Å²) in [6.07, 6.45) is 2.38. The third kappa shape index (κ3) is 6.86. The molecule has 0 aliphatic carbocycles. The summed E-state index contributed by atoms with van der Waals surface area (Å²) in [5, 5.41) is 22.0. The summed E-state index contributed by atoms with van der Waals surface area (Å²) < 4.78 is 30.5. The molecule has 190 valence electrons. The number of carbonyl (C=O) groups excluding carboxylic acids is 1. The van der Waals surface area contributed by atoms with Gasteiger partial charge in [0.2, 0.25) is 5.12 Å². The van der Waals surface area contributed by atoms with Crippen LogP contribution in [-0.4, -0.2) is 35.7 Å². The van der Waals surface area contributed by atoms with Gasteiger partial charge < -0.3 is 0 Å². The normalized spacial score (nSPS) is 12.4. The quantitative estimate of drug-likeness (QED) is 0.165. The summed E-state index contributed by atoms with van der Waals surface area (Å²) in [4.78, 5) is 33.0. The van der Waals surface area contributed by atoms with E-state index in [1.54, 1.807) is 18.2 Å². The number of carbonyl (C=O) groups is 1. The molecule has 0 amide bonds. The van der Waals surface area contributed by atoms with Gasteiger partial charge in [-0.25, -0.2) is 0 Å². The number of hydrogen-bond acceptors (Lipinski definition) is 9. The highest BCUT2D eigenvalue weighted by atomic mass is 32.2. The number of benzene rings is 3. The lowest BCUT2D eigenvalue weighted by Crippen LogP contribution is -2.13. The van der Waals surface area contributed by atoms with E-state index < -0.39 is 31.7 Å². The van der Waals surface area contributed by atoms with E-state index in [2.05, 4.69) is 0 Å². The average Bonchev–Trinajstić information content (AvgIpc) is 2.86. The van der Waals surface area contributed by atoms with E-state index in [4.69, 9.17) is 4.18 Å². The number of fused-ring (bicyclic) bond motifs is 1. The molecule has 3 rings (SSSR count). The Morgan fingerprint density at radius 1 is 0.972 bits per heavy atom. The molecule has 3 aromatic carbocycles. The van der Waals surface area contributed by atoms with E-state index in [1.165, 1.54) is 42.5 Å². The minimum absolute atomic E-state index is 0.0151. The molecule has 0 saturated heterocycles. The van der Waals surface area contributed by atoms with E-state index >= 15 is 0 Å². The Morgan fingerprint density at radius 2 is 1.64 bits per heavy atom. The second-order valence-corrected chi connectivity index (χ2v) is 10.7. The molecule has 36 heavy (non-hydrogen) atoms. The minimum atomic E-state index is -4.28. The molecule has 1 atom stereocenters. The SMILES string of the molecule is CCCC(CCSC(=O)COS(=O)(=O)c1cccc2cc([N+](=O)[O-])ccc12)c1ccc([N+](=O)[O-])cc1. The highest BCUT2D eigenvalue weighted by Crippen LogP contribution is 2.30. The summed E-state index contributed by atoms with van der Waals surface area (Å²) in [6, 6.07) is 14.5. The third-order valence-electron chi connectivity index (χ3n) is 5.58.